The van der Waals surface area contributed by atoms with Gasteiger partial charge in [-0.25, -0.2) is 0 Å². The van der Waals surface area contributed by atoms with Crippen molar-refractivity contribution in [1.82, 2.24) is 5.32 Å². The summed E-state index contributed by atoms with van der Waals surface area (Å²) in [5, 5.41) is 3.14. The molecule has 1 unspecified atom stereocenters. The van der Waals surface area contributed by atoms with Gasteiger partial charge in [-0.1, -0.05) is 42.0 Å². The van der Waals surface area contributed by atoms with E-state index in [0.29, 0.717) is 0 Å². The molecular weight excluding hydrogens is 302 g/mol. The lowest BCUT2D eigenvalue weighted by Gasteiger charge is -2.11. The van der Waals surface area contributed by atoms with E-state index in [0.717, 1.165) is 25.8 Å². The predicted molar refractivity (Wildman–Crippen MR) is 97.0 cm³/mol. The zero-order valence-corrected chi connectivity index (χ0v) is 14.6. The summed E-state index contributed by atoms with van der Waals surface area (Å²) in [5.41, 5.74) is 5.33. The summed E-state index contributed by atoms with van der Waals surface area (Å²) in [6.45, 7) is 5.03. The third-order valence-corrected chi connectivity index (χ3v) is 5.68. The topological polar surface area (TPSA) is 29.1 Å². The summed E-state index contributed by atoms with van der Waals surface area (Å²) in [5.74, 6) is 0.173. The van der Waals surface area contributed by atoms with E-state index < -0.39 is 0 Å². The van der Waals surface area contributed by atoms with Crippen molar-refractivity contribution in [2.75, 3.05) is 6.54 Å². The van der Waals surface area contributed by atoms with Gasteiger partial charge in [0.25, 0.3) is 0 Å². The van der Waals surface area contributed by atoms with Gasteiger partial charge in [0.15, 0.2) is 0 Å². The number of thioether (sulfide) groups is 1. The van der Waals surface area contributed by atoms with Crippen molar-refractivity contribution in [2.24, 2.45) is 0 Å². The Balaban J connectivity index is 1.44. The van der Waals surface area contributed by atoms with Crippen LogP contribution in [0, 0.1) is 13.8 Å². The first-order chi connectivity index (χ1) is 11.1. The van der Waals surface area contributed by atoms with Gasteiger partial charge in [0.2, 0.25) is 5.91 Å². The number of hydrogen-bond acceptors (Lipinski definition) is 2. The monoisotopic (exact) mass is 325 g/mol. The fourth-order valence-corrected chi connectivity index (χ4v) is 4.28. The number of fused-ring (bicyclic) bond motifs is 1. The highest BCUT2D eigenvalue weighted by Crippen LogP contribution is 2.36. The largest absolute Gasteiger partial charge is 0.355 e. The molecule has 23 heavy (non-hydrogen) atoms. The average Bonchev–Trinajstić information content (AvgIpc) is 2.97. The molecular formula is C20H23NOS. The molecule has 2 aromatic rings. The number of carbonyl (C=O) groups excluding carboxylic acids is 1. The zero-order chi connectivity index (χ0) is 16.2. The Hall–Kier alpha value is -1.74. The van der Waals surface area contributed by atoms with E-state index in [1.165, 1.54) is 27.1 Å². The van der Waals surface area contributed by atoms with E-state index in [1.54, 1.807) is 11.8 Å². The number of rotatable bonds is 5. The van der Waals surface area contributed by atoms with E-state index in [1.807, 2.05) is 12.1 Å². The number of aryl methyl sites for hydroxylation is 3. The minimum absolute atomic E-state index is 0.0357. The SMILES string of the molecule is Cc1ccc(CCCNC(=O)C2Cc3ccccc3S2)c(C)c1. The number of benzene rings is 2. The fourth-order valence-electron chi connectivity index (χ4n) is 3.06. The van der Waals surface area contributed by atoms with Gasteiger partial charge >= 0.3 is 0 Å². The third kappa shape index (κ3) is 3.97. The van der Waals surface area contributed by atoms with Crippen LogP contribution in [0.5, 0.6) is 0 Å². The standard InChI is InChI=1S/C20H23NOS/c1-14-9-10-16(15(2)12-14)7-5-11-21-20(22)19-13-17-6-3-4-8-18(17)23-19/h3-4,6,8-10,12,19H,5,7,11,13H2,1-2H3,(H,21,22). The van der Waals surface area contributed by atoms with Crippen LogP contribution in [-0.4, -0.2) is 17.7 Å². The summed E-state index contributed by atoms with van der Waals surface area (Å²) in [6.07, 6.45) is 2.86. The van der Waals surface area contributed by atoms with Gasteiger partial charge in [-0.05, 0) is 55.9 Å². The molecule has 0 bridgehead atoms. The summed E-state index contributed by atoms with van der Waals surface area (Å²) in [7, 11) is 0. The highest BCUT2D eigenvalue weighted by molar-refractivity contribution is 8.01. The molecule has 0 fully saturated rings. The lowest BCUT2D eigenvalue weighted by molar-refractivity contribution is -0.120. The van der Waals surface area contributed by atoms with Gasteiger partial charge in [-0.2, -0.15) is 0 Å². The van der Waals surface area contributed by atoms with Crippen molar-refractivity contribution >= 4 is 17.7 Å². The zero-order valence-electron chi connectivity index (χ0n) is 13.8. The van der Waals surface area contributed by atoms with Crippen molar-refractivity contribution in [1.29, 1.82) is 0 Å². The first-order valence-corrected chi connectivity index (χ1v) is 9.10. The van der Waals surface area contributed by atoms with Gasteiger partial charge < -0.3 is 5.32 Å². The van der Waals surface area contributed by atoms with Crippen molar-refractivity contribution in [3.63, 3.8) is 0 Å². The normalized spacial score (nSPS) is 16.2. The van der Waals surface area contributed by atoms with E-state index >= 15 is 0 Å². The second-order valence-electron chi connectivity index (χ2n) is 6.24. The smallest absolute Gasteiger partial charge is 0.233 e. The molecule has 1 amide bonds. The number of nitrogens with one attached hydrogen (secondary N) is 1. The molecule has 1 heterocycles. The fraction of sp³-hybridized carbons (Fsp3) is 0.350. The van der Waals surface area contributed by atoms with Crippen LogP contribution >= 0.6 is 11.8 Å². The van der Waals surface area contributed by atoms with Crippen molar-refractivity contribution in [3.05, 3.63) is 64.7 Å². The molecule has 2 nitrogen and oxygen atoms in total. The van der Waals surface area contributed by atoms with Crippen molar-refractivity contribution in [2.45, 2.75) is 43.3 Å². The van der Waals surface area contributed by atoms with Crippen LogP contribution in [0.4, 0.5) is 0 Å². The Morgan fingerprint density at radius 3 is 2.83 bits per heavy atom. The molecule has 0 spiro atoms. The number of carbonyl (C=O) groups is 1. The minimum Gasteiger partial charge on any atom is -0.355 e. The molecule has 1 aliphatic rings. The van der Waals surface area contributed by atoms with Gasteiger partial charge in [0.1, 0.15) is 0 Å². The second kappa shape index (κ2) is 7.22. The number of amides is 1. The van der Waals surface area contributed by atoms with Gasteiger partial charge in [0, 0.05) is 11.4 Å². The highest BCUT2D eigenvalue weighted by atomic mass is 32.2. The van der Waals surface area contributed by atoms with E-state index in [9.17, 15) is 4.79 Å². The lowest BCUT2D eigenvalue weighted by Crippen LogP contribution is -2.33. The maximum Gasteiger partial charge on any atom is 0.233 e. The van der Waals surface area contributed by atoms with Crippen LogP contribution < -0.4 is 5.32 Å². The first-order valence-electron chi connectivity index (χ1n) is 8.22. The molecule has 3 rings (SSSR count). The molecule has 1 N–H and O–H groups in total. The van der Waals surface area contributed by atoms with Gasteiger partial charge in [-0.3, -0.25) is 4.79 Å². The molecule has 120 valence electrons. The summed E-state index contributed by atoms with van der Waals surface area (Å²) < 4.78 is 0. The lowest BCUT2D eigenvalue weighted by atomic mass is 10.0. The maximum atomic E-state index is 12.3. The van der Waals surface area contributed by atoms with E-state index in [4.69, 9.17) is 0 Å². The van der Waals surface area contributed by atoms with Gasteiger partial charge in [-0.15, -0.1) is 11.8 Å². The van der Waals surface area contributed by atoms with E-state index in [2.05, 4.69) is 49.5 Å². The molecule has 0 saturated heterocycles. The Bertz CT molecular complexity index is 686. The Morgan fingerprint density at radius 2 is 2.04 bits per heavy atom. The molecule has 1 atom stereocenters. The van der Waals surface area contributed by atoms with Crippen LogP contribution in [0.2, 0.25) is 0 Å². The molecule has 0 aliphatic carbocycles. The summed E-state index contributed by atoms with van der Waals surface area (Å²) >= 11 is 1.69. The van der Waals surface area contributed by atoms with Crippen LogP contribution in [0.3, 0.4) is 0 Å². The summed E-state index contributed by atoms with van der Waals surface area (Å²) in [6, 6.07) is 14.9. The Morgan fingerprint density at radius 1 is 1.22 bits per heavy atom. The highest BCUT2D eigenvalue weighted by Gasteiger charge is 2.27. The molecule has 0 radical (unpaired) electrons. The average molecular weight is 325 g/mol. The number of hydrogen-bond donors (Lipinski definition) is 1. The molecule has 2 aromatic carbocycles. The first kappa shape index (κ1) is 16.1. The molecule has 0 aromatic heterocycles. The second-order valence-corrected chi connectivity index (χ2v) is 7.49. The van der Waals surface area contributed by atoms with Gasteiger partial charge in [0.05, 0.1) is 5.25 Å². The minimum atomic E-state index is 0.0357. The van der Waals surface area contributed by atoms with Crippen LogP contribution in [0.1, 0.15) is 28.7 Å². The summed E-state index contributed by atoms with van der Waals surface area (Å²) in [4.78, 5) is 13.6. The maximum absolute atomic E-state index is 12.3. The van der Waals surface area contributed by atoms with Crippen LogP contribution in [0.15, 0.2) is 47.4 Å². The van der Waals surface area contributed by atoms with Crippen LogP contribution in [0.25, 0.3) is 0 Å². The van der Waals surface area contributed by atoms with E-state index in [-0.39, 0.29) is 11.2 Å². The molecule has 3 heteroatoms. The Labute approximate surface area is 142 Å². The van der Waals surface area contributed by atoms with Crippen molar-refractivity contribution < 1.29 is 4.79 Å². The molecule has 1 aliphatic heterocycles. The van der Waals surface area contributed by atoms with Crippen molar-refractivity contribution in [3.8, 4) is 0 Å². The Kier molecular flexibility index (Phi) is 5.06. The quantitative estimate of drug-likeness (QED) is 0.840. The molecule has 0 saturated carbocycles. The van der Waals surface area contributed by atoms with Crippen LogP contribution in [-0.2, 0) is 17.6 Å². The third-order valence-electron chi connectivity index (χ3n) is 4.36. The predicted octanol–water partition coefficient (Wildman–Crippen LogP) is 4.07.